The van der Waals surface area contributed by atoms with Crippen molar-refractivity contribution in [2.24, 2.45) is 0 Å². The first-order valence-corrected chi connectivity index (χ1v) is 6.62. The average Bonchev–Trinajstić information content (AvgIpc) is 2.73. The number of aryl methyl sites for hydroxylation is 1. The summed E-state index contributed by atoms with van der Waals surface area (Å²) < 4.78 is 0. The number of rotatable bonds is 4. The molecule has 0 radical (unpaired) electrons. The minimum atomic E-state index is 0.661. The number of nitrogens with one attached hydrogen (secondary N) is 1. The van der Waals surface area contributed by atoms with Crippen LogP contribution in [0.15, 0.2) is 11.4 Å². The fraction of sp³-hybridized carbons (Fsp3) is 0.667. The van der Waals surface area contributed by atoms with Gasteiger partial charge in [-0.3, -0.25) is 4.90 Å². The van der Waals surface area contributed by atoms with E-state index in [1.54, 1.807) is 10.4 Å². The van der Waals surface area contributed by atoms with Crippen molar-refractivity contribution in [1.29, 1.82) is 0 Å². The van der Waals surface area contributed by atoms with Crippen LogP contribution in [0.4, 0.5) is 0 Å². The second kappa shape index (κ2) is 5.10. The van der Waals surface area contributed by atoms with Crippen LogP contribution in [0.5, 0.6) is 0 Å². The van der Waals surface area contributed by atoms with Gasteiger partial charge in [0.05, 0.1) is 0 Å². The lowest BCUT2D eigenvalue weighted by Crippen LogP contribution is -2.32. The van der Waals surface area contributed by atoms with Gasteiger partial charge in [0.25, 0.3) is 0 Å². The quantitative estimate of drug-likeness (QED) is 0.844. The minimum Gasteiger partial charge on any atom is -0.318 e. The Hall–Kier alpha value is -0.380. The molecule has 0 aliphatic heterocycles. The summed E-state index contributed by atoms with van der Waals surface area (Å²) >= 11 is 1.93. The number of fused-ring (bicyclic) bond motifs is 1. The van der Waals surface area contributed by atoms with Gasteiger partial charge in [-0.15, -0.1) is 11.3 Å². The third-order valence-electron chi connectivity index (χ3n) is 3.27. The van der Waals surface area contributed by atoms with Crippen LogP contribution in [0.1, 0.15) is 29.3 Å². The van der Waals surface area contributed by atoms with Crippen molar-refractivity contribution in [3.8, 4) is 0 Å². The van der Waals surface area contributed by atoms with Gasteiger partial charge in [-0.05, 0) is 50.4 Å². The number of nitrogens with zero attached hydrogens (tertiary/aromatic N) is 1. The van der Waals surface area contributed by atoms with E-state index in [4.69, 9.17) is 0 Å². The zero-order valence-electron chi connectivity index (χ0n) is 9.62. The molecule has 0 saturated heterocycles. The molecule has 0 amide bonds. The second-order valence-corrected chi connectivity index (χ2v) is 5.29. The normalized spacial score (nSPS) is 20.6. The largest absolute Gasteiger partial charge is 0.318 e. The molecule has 0 bridgehead atoms. The molecule has 1 aliphatic rings. The summed E-state index contributed by atoms with van der Waals surface area (Å²) in [5, 5.41) is 5.46. The maximum absolute atomic E-state index is 3.22. The van der Waals surface area contributed by atoms with Crippen LogP contribution >= 0.6 is 11.3 Å². The van der Waals surface area contributed by atoms with Gasteiger partial charge < -0.3 is 5.32 Å². The van der Waals surface area contributed by atoms with E-state index in [9.17, 15) is 0 Å². The van der Waals surface area contributed by atoms with Gasteiger partial charge in [-0.25, -0.2) is 0 Å². The van der Waals surface area contributed by atoms with Crippen LogP contribution in [0.25, 0.3) is 0 Å². The van der Waals surface area contributed by atoms with E-state index in [2.05, 4.69) is 28.7 Å². The zero-order valence-corrected chi connectivity index (χ0v) is 10.4. The lowest BCUT2D eigenvalue weighted by atomic mass is 9.93. The van der Waals surface area contributed by atoms with Crippen molar-refractivity contribution in [1.82, 2.24) is 10.2 Å². The number of hydrogen-bond donors (Lipinski definition) is 1. The molecule has 15 heavy (non-hydrogen) atoms. The van der Waals surface area contributed by atoms with Gasteiger partial charge in [0.2, 0.25) is 0 Å². The molecule has 84 valence electrons. The first kappa shape index (κ1) is 11.1. The Morgan fingerprint density at radius 3 is 3.27 bits per heavy atom. The van der Waals surface area contributed by atoms with E-state index >= 15 is 0 Å². The van der Waals surface area contributed by atoms with Crippen molar-refractivity contribution in [3.63, 3.8) is 0 Å². The Kier molecular flexibility index (Phi) is 3.78. The SMILES string of the molecule is CNCCN(C)C1CCCc2sccc21. The maximum Gasteiger partial charge on any atom is 0.0356 e. The highest BCUT2D eigenvalue weighted by molar-refractivity contribution is 7.10. The zero-order chi connectivity index (χ0) is 10.7. The third-order valence-corrected chi connectivity index (χ3v) is 4.26. The number of likely N-dealkylation sites (N-methyl/N-ethyl adjacent to an activating group) is 2. The fourth-order valence-corrected chi connectivity index (χ4v) is 3.35. The lowest BCUT2D eigenvalue weighted by Gasteiger charge is -2.31. The molecule has 1 aromatic heterocycles. The summed E-state index contributed by atoms with van der Waals surface area (Å²) in [5.74, 6) is 0. The highest BCUT2D eigenvalue weighted by atomic mass is 32.1. The molecule has 1 aliphatic carbocycles. The third kappa shape index (κ3) is 2.41. The molecule has 1 atom stereocenters. The van der Waals surface area contributed by atoms with Gasteiger partial charge in [0.15, 0.2) is 0 Å². The molecule has 2 rings (SSSR count). The van der Waals surface area contributed by atoms with E-state index in [0.29, 0.717) is 6.04 Å². The molecule has 3 heteroatoms. The summed E-state index contributed by atoms with van der Waals surface area (Å²) in [6, 6.07) is 2.98. The predicted molar refractivity (Wildman–Crippen MR) is 66.6 cm³/mol. The maximum atomic E-state index is 3.22. The summed E-state index contributed by atoms with van der Waals surface area (Å²) in [5.41, 5.74) is 1.59. The lowest BCUT2D eigenvalue weighted by molar-refractivity contribution is 0.224. The summed E-state index contributed by atoms with van der Waals surface area (Å²) in [4.78, 5) is 4.10. The van der Waals surface area contributed by atoms with Gasteiger partial charge in [-0.2, -0.15) is 0 Å². The Labute approximate surface area is 96.3 Å². The minimum absolute atomic E-state index is 0.661. The molecular weight excluding hydrogens is 204 g/mol. The van der Waals surface area contributed by atoms with E-state index in [0.717, 1.165) is 13.1 Å². The standard InChI is InChI=1S/C12H20N2S/c1-13-7-8-14(2)11-4-3-5-12-10(11)6-9-15-12/h6,9,11,13H,3-5,7-8H2,1-2H3. The van der Waals surface area contributed by atoms with E-state index in [1.807, 2.05) is 18.4 Å². The van der Waals surface area contributed by atoms with Crippen LogP contribution in [-0.2, 0) is 6.42 Å². The molecule has 2 nitrogen and oxygen atoms in total. The van der Waals surface area contributed by atoms with Crippen molar-refractivity contribution in [3.05, 3.63) is 21.9 Å². The summed E-state index contributed by atoms with van der Waals surface area (Å²) in [7, 11) is 4.26. The summed E-state index contributed by atoms with van der Waals surface area (Å²) in [6.45, 7) is 2.21. The molecule has 0 spiro atoms. The van der Waals surface area contributed by atoms with Gasteiger partial charge in [0.1, 0.15) is 0 Å². The topological polar surface area (TPSA) is 15.3 Å². The first-order valence-electron chi connectivity index (χ1n) is 5.74. The van der Waals surface area contributed by atoms with Crippen LogP contribution in [0.2, 0.25) is 0 Å². The Morgan fingerprint density at radius 2 is 2.47 bits per heavy atom. The highest BCUT2D eigenvalue weighted by Crippen LogP contribution is 2.36. The molecule has 1 aromatic rings. The van der Waals surface area contributed by atoms with Crippen molar-refractivity contribution >= 4 is 11.3 Å². The molecule has 1 heterocycles. The van der Waals surface area contributed by atoms with Crippen molar-refractivity contribution in [2.45, 2.75) is 25.3 Å². The molecule has 0 fully saturated rings. The Morgan fingerprint density at radius 1 is 1.60 bits per heavy atom. The van der Waals surface area contributed by atoms with Crippen LogP contribution in [0, 0.1) is 0 Å². The highest BCUT2D eigenvalue weighted by Gasteiger charge is 2.23. The summed E-state index contributed by atoms with van der Waals surface area (Å²) in [6.07, 6.45) is 3.97. The van der Waals surface area contributed by atoms with Gasteiger partial charge in [-0.1, -0.05) is 0 Å². The van der Waals surface area contributed by atoms with Crippen LogP contribution < -0.4 is 5.32 Å². The average molecular weight is 224 g/mol. The van der Waals surface area contributed by atoms with E-state index < -0.39 is 0 Å². The van der Waals surface area contributed by atoms with E-state index in [1.165, 1.54) is 19.3 Å². The Balaban J connectivity index is 2.05. The predicted octanol–water partition coefficient (Wildman–Crippen LogP) is 2.28. The smallest absolute Gasteiger partial charge is 0.0356 e. The first-order chi connectivity index (χ1) is 7.33. The van der Waals surface area contributed by atoms with Crippen molar-refractivity contribution < 1.29 is 0 Å². The van der Waals surface area contributed by atoms with Crippen molar-refractivity contribution in [2.75, 3.05) is 27.2 Å². The van der Waals surface area contributed by atoms with Crippen LogP contribution in [0.3, 0.4) is 0 Å². The Bertz CT molecular complexity index is 308. The number of hydrogen-bond acceptors (Lipinski definition) is 3. The number of thiophene rings is 1. The van der Waals surface area contributed by atoms with Gasteiger partial charge in [0, 0.05) is 24.0 Å². The molecule has 1 N–H and O–H groups in total. The van der Waals surface area contributed by atoms with E-state index in [-0.39, 0.29) is 0 Å². The monoisotopic (exact) mass is 224 g/mol. The van der Waals surface area contributed by atoms with Gasteiger partial charge >= 0.3 is 0 Å². The molecule has 0 aromatic carbocycles. The van der Waals surface area contributed by atoms with Crippen LogP contribution in [-0.4, -0.2) is 32.1 Å². The molecule has 1 unspecified atom stereocenters. The molecular formula is C12H20N2S. The molecule has 0 saturated carbocycles. The second-order valence-electron chi connectivity index (χ2n) is 4.29. The fourth-order valence-electron chi connectivity index (χ4n) is 2.36.